The van der Waals surface area contributed by atoms with Gasteiger partial charge in [-0.3, -0.25) is 0 Å². The van der Waals surface area contributed by atoms with Gasteiger partial charge in [-0.2, -0.15) is 0 Å². The Morgan fingerprint density at radius 3 is 1.92 bits per heavy atom. The summed E-state index contributed by atoms with van der Waals surface area (Å²) in [7, 11) is 0. The lowest BCUT2D eigenvalue weighted by molar-refractivity contribution is 0.0697. The molecule has 0 bridgehead atoms. The summed E-state index contributed by atoms with van der Waals surface area (Å²) in [6.45, 7) is 0. The largest absolute Gasteiger partial charge is 0.478 e. The topological polar surface area (TPSA) is 37.3 Å². The van der Waals surface area contributed by atoms with Gasteiger partial charge in [0.25, 0.3) is 0 Å². The van der Waals surface area contributed by atoms with Crippen LogP contribution in [0, 0.1) is 0 Å². The summed E-state index contributed by atoms with van der Waals surface area (Å²) in [4.78, 5) is 11.1. The zero-order valence-corrected chi connectivity index (χ0v) is 13.2. The molecule has 4 rings (SSSR count). The maximum atomic E-state index is 11.1. The fourth-order valence-electron chi connectivity index (χ4n) is 3.80. The number of hydrogen-bond donors (Lipinski definition) is 1. The summed E-state index contributed by atoms with van der Waals surface area (Å²) >= 11 is 0. The van der Waals surface area contributed by atoms with Crippen molar-refractivity contribution in [3.05, 3.63) is 107 Å². The summed E-state index contributed by atoms with van der Waals surface area (Å²) in [5.74, 6) is -0.456. The van der Waals surface area contributed by atoms with Crippen molar-refractivity contribution in [3.63, 3.8) is 0 Å². The van der Waals surface area contributed by atoms with Crippen LogP contribution in [0.4, 0.5) is 0 Å². The molecule has 0 saturated heterocycles. The molecule has 0 spiro atoms. The quantitative estimate of drug-likeness (QED) is 0.747. The van der Waals surface area contributed by atoms with E-state index in [1.54, 1.807) is 12.1 Å². The van der Waals surface area contributed by atoms with Crippen LogP contribution in [0.5, 0.6) is 0 Å². The van der Waals surface area contributed by atoms with E-state index in [0.717, 1.165) is 6.42 Å². The minimum absolute atomic E-state index is 0.0559. The van der Waals surface area contributed by atoms with Gasteiger partial charge in [0.1, 0.15) is 0 Å². The molecule has 3 aromatic carbocycles. The van der Waals surface area contributed by atoms with Crippen LogP contribution in [-0.2, 0) is 5.41 Å². The van der Waals surface area contributed by atoms with E-state index in [1.165, 1.54) is 16.7 Å². The molecule has 0 amide bonds. The van der Waals surface area contributed by atoms with Crippen molar-refractivity contribution < 1.29 is 9.90 Å². The fourth-order valence-corrected chi connectivity index (χ4v) is 3.80. The van der Waals surface area contributed by atoms with Gasteiger partial charge in [0, 0.05) is 5.41 Å². The Morgan fingerprint density at radius 1 is 0.792 bits per heavy atom. The van der Waals surface area contributed by atoms with E-state index in [-0.39, 0.29) is 5.41 Å². The molecule has 2 unspecified atom stereocenters. The van der Waals surface area contributed by atoms with Crippen LogP contribution in [-0.4, -0.2) is 11.1 Å². The highest BCUT2D eigenvalue weighted by atomic mass is 16.4. The van der Waals surface area contributed by atoms with Crippen LogP contribution in [0.2, 0.25) is 0 Å². The molecular formula is C22H18O2. The second kappa shape index (κ2) is 5.64. The average molecular weight is 314 g/mol. The monoisotopic (exact) mass is 314 g/mol. The third-order valence-electron chi connectivity index (χ3n) is 5.10. The summed E-state index contributed by atoms with van der Waals surface area (Å²) in [5.41, 5.74) is 4.09. The molecule has 24 heavy (non-hydrogen) atoms. The van der Waals surface area contributed by atoms with E-state index in [1.807, 2.05) is 24.3 Å². The van der Waals surface area contributed by atoms with Crippen LogP contribution in [0.3, 0.4) is 0 Å². The van der Waals surface area contributed by atoms with Crippen LogP contribution in [0.1, 0.15) is 39.4 Å². The molecule has 3 aromatic rings. The minimum Gasteiger partial charge on any atom is -0.478 e. The van der Waals surface area contributed by atoms with Gasteiger partial charge in [-0.1, -0.05) is 72.8 Å². The Hall–Kier alpha value is -2.87. The molecule has 0 aliphatic heterocycles. The van der Waals surface area contributed by atoms with Gasteiger partial charge in [0.2, 0.25) is 0 Å². The molecule has 1 saturated carbocycles. The summed E-state index contributed by atoms with van der Waals surface area (Å²) in [6.07, 6.45) is 1.05. The van der Waals surface area contributed by atoms with E-state index in [4.69, 9.17) is 5.11 Å². The predicted molar refractivity (Wildman–Crippen MR) is 94.4 cm³/mol. The number of carbonyl (C=O) groups is 1. The molecule has 0 radical (unpaired) electrons. The van der Waals surface area contributed by atoms with Crippen LogP contribution >= 0.6 is 0 Å². The molecule has 1 aliphatic carbocycles. The SMILES string of the molecule is O=C(O)c1ccc(C2(c3ccccc3)CC2c2ccccc2)cc1. The number of carboxylic acid groups (broad SMARTS) is 1. The number of carboxylic acids is 1. The molecule has 0 aromatic heterocycles. The van der Waals surface area contributed by atoms with Crippen LogP contribution in [0.15, 0.2) is 84.9 Å². The Bertz CT molecular complexity index is 853. The minimum atomic E-state index is -0.884. The Balaban J connectivity index is 1.80. The number of hydrogen-bond acceptors (Lipinski definition) is 1. The van der Waals surface area contributed by atoms with Gasteiger partial charge in [0.15, 0.2) is 0 Å². The third kappa shape index (κ3) is 2.31. The average Bonchev–Trinajstić information content (AvgIpc) is 3.40. The number of benzene rings is 3. The molecule has 118 valence electrons. The Kier molecular flexibility index (Phi) is 3.46. The van der Waals surface area contributed by atoms with Gasteiger partial charge >= 0.3 is 5.97 Å². The third-order valence-corrected chi connectivity index (χ3v) is 5.10. The van der Waals surface area contributed by atoms with Gasteiger partial charge in [-0.15, -0.1) is 0 Å². The summed E-state index contributed by atoms with van der Waals surface area (Å²) in [6, 6.07) is 28.5. The normalized spacial score (nSPS) is 22.1. The van der Waals surface area contributed by atoms with Crippen molar-refractivity contribution in [2.45, 2.75) is 17.8 Å². The number of aromatic carboxylic acids is 1. The summed E-state index contributed by atoms with van der Waals surface area (Å²) < 4.78 is 0. The van der Waals surface area contributed by atoms with Gasteiger partial charge in [-0.25, -0.2) is 4.79 Å². The van der Waals surface area contributed by atoms with Crippen LogP contribution in [0.25, 0.3) is 0 Å². The van der Waals surface area contributed by atoms with Crippen molar-refractivity contribution in [2.75, 3.05) is 0 Å². The van der Waals surface area contributed by atoms with E-state index in [0.29, 0.717) is 11.5 Å². The lowest BCUT2D eigenvalue weighted by Crippen LogP contribution is -2.12. The van der Waals surface area contributed by atoms with Crippen molar-refractivity contribution >= 4 is 5.97 Å². The molecule has 1 aliphatic rings. The lowest BCUT2D eigenvalue weighted by Gasteiger charge is -2.19. The second-order valence-corrected chi connectivity index (χ2v) is 6.39. The molecule has 2 atom stereocenters. The van der Waals surface area contributed by atoms with Gasteiger partial charge < -0.3 is 5.11 Å². The second-order valence-electron chi connectivity index (χ2n) is 6.39. The first-order valence-corrected chi connectivity index (χ1v) is 8.16. The maximum Gasteiger partial charge on any atom is 0.335 e. The molecule has 1 N–H and O–H groups in total. The standard InChI is InChI=1S/C22H18O2/c23-21(24)17-11-13-19(14-12-17)22(18-9-5-2-6-10-18)15-20(22)16-7-3-1-4-8-16/h1-14,20H,15H2,(H,23,24). The zero-order chi connectivity index (χ0) is 16.6. The maximum absolute atomic E-state index is 11.1. The van der Waals surface area contributed by atoms with Crippen molar-refractivity contribution in [1.29, 1.82) is 0 Å². The van der Waals surface area contributed by atoms with E-state index in [2.05, 4.69) is 48.5 Å². The Labute approximate surface area is 141 Å². The van der Waals surface area contributed by atoms with Crippen molar-refractivity contribution in [2.24, 2.45) is 0 Å². The van der Waals surface area contributed by atoms with E-state index >= 15 is 0 Å². The zero-order valence-electron chi connectivity index (χ0n) is 13.2. The molecule has 2 nitrogen and oxygen atoms in total. The highest BCUT2D eigenvalue weighted by Gasteiger charge is 2.56. The molecule has 1 fully saturated rings. The number of rotatable bonds is 4. The first kappa shape index (κ1) is 14.7. The summed E-state index contributed by atoms with van der Waals surface area (Å²) in [5, 5.41) is 9.14. The Morgan fingerprint density at radius 2 is 1.33 bits per heavy atom. The molecule has 2 heteroatoms. The molecular weight excluding hydrogens is 296 g/mol. The van der Waals surface area contributed by atoms with Crippen LogP contribution < -0.4 is 0 Å². The van der Waals surface area contributed by atoms with Gasteiger partial charge in [0.05, 0.1) is 5.56 Å². The smallest absolute Gasteiger partial charge is 0.335 e. The lowest BCUT2D eigenvalue weighted by atomic mass is 9.84. The van der Waals surface area contributed by atoms with E-state index in [9.17, 15) is 4.79 Å². The molecule has 0 heterocycles. The van der Waals surface area contributed by atoms with Crippen molar-refractivity contribution in [1.82, 2.24) is 0 Å². The highest BCUT2D eigenvalue weighted by molar-refractivity contribution is 5.87. The highest BCUT2D eigenvalue weighted by Crippen LogP contribution is 2.64. The van der Waals surface area contributed by atoms with Crippen molar-refractivity contribution in [3.8, 4) is 0 Å². The first-order valence-electron chi connectivity index (χ1n) is 8.16. The van der Waals surface area contributed by atoms with Gasteiger partial charge in [-0.05, 0) is 41.2 Å². The fraction of sp³-hybridized carbons (Fsp3) is 0.136. The predicted octanol–water partition coefficient (Wildman–Crippen LogP) is 4.86. The van der Waals surface area contributed by atoms with E-state index < -0.39 is 5.97 Å². The first-order chi connectivity index (χ1) is 11.7.